The molecule has 0 fully saturated rings. The minimum absolute atomic E-state index is 0.404. The molecule has 0 aliphatic rings. The molecule has 0 atom stereocenters. The Labute approximate surface area is 107 Å². The van der Waals surface area contributed by atoms with Crippen molar-refractivity contribution in [2.45, 2.75) is 0 Å². The van der Waals surface area contributed by atoms with Crippen LogP contribution in [-0.4, -0.2) is 5.91 Å². The van der Waals surface area contributed by atoms with Crippen LogP contribution in [0.2, 0.25) is 0 Å². The highest BCUT2D eigenvalue weighted by molar-refractivity contribution is 7.22. The first-order valence-corrected chi connectivity index (χ1v) is 6.13. The Kier molecular flexibility index (Phi) is 2.34. The maximum Gasteiger partial charge on any atom is 0.260 e. The number of carbonyl (C=O) groups excluding carboxylic acids is 1. The summed E-state index contributed by atoms with van der Waals surface area (Å²) in [5, 5.41) is 0.854. The molecule has 0 unspecified atom stereocenters. The van der Waals surface area contributed by atoms with Gasteiger partial charge in [-0.2, -0.15) is 0 Å². The molecule has 90 valence electrons. The molecule has 4 nitrogen and oxygen atoms in total. The molecule has 5 heteroatoms. The highest BCUT2D eigenvalue weighted by Gasteiger charge is 2.16. The van der Waals surface area contributed by atoms with E-state index in [1.165, 1.54) is 11.3 Å². The smallest absolute Gasteiger partial charge is 0.260 e. The second-order valence-corrected chi connectivity index (χ2v) is 4.92. The molecule has 1 aromatic carbocycles. The zero-order valence-electron chi connectivity index (χ0n) is 9.34. The van der Waals surface area contributed by atoms with Crippen LogP contribution < -0.4 is 11.5 Å². The second kappa shape index (κ2) is 3.89. The van der Waals surface area contributed by atoms with Gasteiger partial charge in [-0.15, -0.1) is 11.3 Å². The van der Waals surface area contributed by atoms with E-state index in [2.05, 4.69) is 0 Å². The Balaban J connectivity index is 2.35. The number of thiophene rings is 1. The van der Waals surface area contributed by atoms with Crippen molar-refractivity contribution in [1.82, 2.24) is 0 Å². The molecular weight excluding hydrogens is 248 g/mol. The van der Waals surface area contributed by atoms with Crippen LogP contribution in [0.4, 0.5) is 5.69 Å². The molecule has 0 spiro atoms. The van der Waals surface area contributed by atoms with Gasteiger partial charge in [0.15, 0.2) is 0 Å². The highest BCUT2D eigenvalue weighted by Crippen LogP contribution is 2.39. The van der Waals surface area contributed by atoms with E-state index in [9.17, 15) is 4.79 Å². The van der Waals surface area contributed by atoms with E-state index in [0.717, 1.165) is 21.2 Å². The summed E-state index contributed by atoms with van der Waals surface area (Å²) in [6, 6.07) is 7.62. The van der Waals surface area contributed by atoms with Crippen LogP contribution in [-0.2, 0) is 0 Å². The number of benzene rings is 1. The molecular formula is C13H10N2O2S. The highest BCUT2D eigenvalue weighted by atomic mass is 32.1. The number of fused-ring (bicyclic) bond motifs is 1. The Hall–Kier alpha value is -2.27. The fraction of sp³-hybridized carbons (Fsp3) is 0. The van der Waals surface area contributed by atoms with Crippen LogP contribution in [0.15, 0.2) is 41.2 Å². The van der Waals surface area contributed by atoms with E-state index in [4.69, 9.17) is 15.9 Å². The van der Waals surface area contributed by atoms with Crippen molar-refractivity contribution in [3.8, 4) is 11.1 Å². The average Bonchev–Trinajstić information content (AvgIpc) is 2.97. The molecule has 0 bridgehead atoms. The van der Waals surface area contributed by atoms with Gasteiger partial charge >= 0.3 is 0 Å². The van der Waals surface area contributed by atoms with E-state index in [1.54, 1.807) is 12.5 Å². The summed E-state index contributed by atoms with van der Waals surface area (Å²) >= 11 is 1.32. The van der Waals surface area contributed by atoms with E-state index in [1.807, 2.05) is 24.3 Å². The molecule has 2 aromatic heterocycles. The van der Waals surface area contributed by atoms with Crippen LogP contribution in [0.3, 0.4) is 0 Å². The number of anilines is 1. The van der Waals surface area contributed by atoms with Gasteiger partial charge in [0, 0.05) is 21.2 Å². The van der Waals surface area contributed by atoms with Crippen molar-refractivity contribution in [3.63, 3.8) is 0 Å². The first-order chi connectivity index (χ1) is 8.68. The number of furan rings is 1. The number of nitrogen functional groups attached to an aromatic ring is 1. The average molecular weight is 258 g/mol. The lowest BCUT2D eigenvalue weighted by Gasteiger charge is -1.99. The Morgan fingerprint density at radius 2 is 2.11 bits per heavy atom. The lowest BCUT2D eigenvalue weighted by atomic mass is 10.1. The molecule has 0 aliphatic heterocycles. The summed E-state index contributed by atoms with van der Waals surface area (Å²) in [5.41, 5.74) is 13.7. The molecule has 18 heavy (non-hydrogen) atoms. The van der Waals surface area contributed by atoms with E-state index >= 15 is 0 Å². The van der Waals surface area contributed by atoms with Gasteiger partial charge in [-0.3, -0.25) is 4.79 Å². The topological polar surface area (TPSA) is 82.2 Å². The summed E-state index contributed by atoms with van der Waals surface area (Å²) in [5.74, 6) is -0.494. The van der Waals surface area contributed by atoms with E-state index in [-0.39, 0.29) is 0 Å². The molecule has 0 radical (unpaired) electrons. The zero-order valence-corrected chi connectivity index (χ0v) is 10.2. The van der Waals surface area contributed by atoms with Gasteiger partial charge in [-0.1, -0.05) is 18.2 Å². The molecule has 1 amide bonds. The molecule has 3 aromatic rings. The zero-order chi connectivity index (χ0) is 12.7. The van der Waals surface area contributed by atoms with Crippen molar-refractivity contribution >= 4 is 33.0 Å². The third-order valence-corrected chi connectivity index (χ3v) is 4.08. The van der Waals surface area contributed by atoms with Gasteiger partial charge in [0.25, 0.3) is 5.91 Å². The Morgan fingerprint density at radius 3 is 2.78 bits per heavy atom. The maximum atomic E-state index is 11.3. The number of hydrogen-bond donors (Lipinski definition) is 2. The van der Waals surface area contributed by atoms with Gasteiger partial charge in [0.2, 0.25) is 0 Å². The fourth-order valence-electron chi connectivity index (χ4n) is 1.97. The number of amides is 1. The summed E-state index contributed by atoms with van der Waals surface area (Å²) in [6.45, 7) is 0. The van der Waals surface area contributed by atoms with Crippen LogP contribution in [0.1, 0.15) is 9.67 Å². The maximum absolute atomic E-state index is 11.3. The normalized spacial score (nSPS) is 10.9. The SMILES string of the molecule is NC(=O)c1sc2c(-c3ccoc3)cccc2c1N. The molecule has 4 N–H and O–H groups in total. The summed E-state index contributed by atoms with van der Waals surface area (Å²) in [6.07, 6.45) is 3.27. The number of primary amides is 1. The first-order valence-electron chi connectivity index (χ1n) is 5.32. The number of carbonyl (C=O) groups is 1. The fourth-order valence-corrected chi connectivity index (χ4v) is 3.07. The van der Waals surface area contributed by atoms with Crippen molar-refractivity contribution in [1.29, 1.82) is 0 Å². The summed E-state index contributed by atoms with van der Waals surface area (Å²) < 4.78 is 6.03. The van der Waals surface area contributed by atoms with E-state index in [0.29, 0.717) is 10.6 Å². The standard InChI is InChI=1S/C13H10N2O2S/c14-10-9-3-1-2-8(7-4-5-17-6-7)11(9)18-12(10)13(15)16/h1-6H,14H2,(H2,15,16). The van der Waals surface area contributed by atoms with Crippen LogP contribution in [0.5, 0.6) is 0 Å². The van der Waals surface area contributed by atoms with Gasteiger partial charge < -0.3 is 15.9 Å². The minimum Gasteiger partial charge on any atom is -0.472 e. The Bertz CT molecular complexity index is 729. The lowest BCUT2D eigenvalue weighted by Crippen LogP contribution is -2.10. The van der Waals surface area contributed by atoms with Gasteiger partial charge in [0.05, 0.1) is 18.2 Å². The monoisotopic (exact) mass is 258 g/mol. The van der Waals surface area contributed by atoms with Crippen molar-refractivity contribution < 1.29 is 9.21 Å². The Morgan fingerprint density at radius 1 is 1.28 bits per heavy atom. The lowest BCUT2D eigenvalue weighted by molar-refractivity contribution is 0.100. The number of nitrogens with two attached hydrogens (primary N) is 2. The van der Waals surface area contributed by atoms with Gasteiger partial charge in [-0.25, -0.2) is 0 Å². The molecule has 0 aliphatic carbocycles. The van der Waals surface area contributed by atoms with Crippen molar-refractivity contribution in [3.05, 3.63) is 41.7 Å². The first kappa shape index (κ1) is 10.9. The molecule has 3 rings (SSSR count). The quantitative estimate of drug-likeness (QED) is 0.741. The summed E-state index contributed by atoms with van der Waals surface area (Å²) in [4.78, 5) is 11.7. The van der Waals surface area contributed by atoms with Gasteiger partial charge in [-0.05, 0) is 6.07 Å². The van der Waals surface area contributed by atoms with Crippen LogP contribution in [0, 0.1) is 0 Å². The van der Waals surface area contributed by atoms with E-state index < -0.39 is 5.91 Å². The number of hydrogen-bond acceptors (Lipinski definition) is 4. The second-order valence-electron chi connectivity index (χ2n) is 3.90. The largest absolute Gasteiger partial charge is 0.472 e. The van der Waals surface area contributed by atoms with Crippen molar-refractivity contribution in [2.24, 2.45) is 5.73 Å². The predicted octanol–water partition coefficient (Wildman–Crippen LogP) is 2.84. The predicted molar refractivity (Wildman–Crippen MR) is 72.5 cm³/mol. The minimum atomic E-state index is -0.494. The number of rotatable bonds is 2. The third-order valence-electron chi connectivity index (χ3n) is 2.81. The molecule has 2 heterocycles. The van der Waals surface area contributed by atoms with Crippen molar-refractivity contribution in [2.75, 3.05) is 5.73 Å². The van der Waals surface area contributed by atoms with Crippen LogP contribution in [0.25, 0.3) is 21.2 Å². The van der Waals surface area contributed by atoms with Gasteiger partial charge in [0.1, 0.15) is 4.88 Å². The molecule has 0 saturated carbocycles. The van der Waals surface area contributed by atoms with Crippen LogP contribution >= 0.6 is 11.3 Å². The molecule has 0 saturated heterocycles. The third kappa shape index (κ3) is 1.48. The summed E-state index contributed by atoms with van der Waals surface area (Å²) in [7, 11) is 0.